The standard InChI is InChI=1S/C15H18N4O3/c1-11(2)18(9-5-14(20)21)15(22)13-10-12(4-7-16-13)19-8-3-6-17-19/h3-4,6-8,10-11H,5,9H2,1-2H3,(H,20,21). The molecule has 0 radical (unpaired) electrons. The Morgan fingerprint density at radius 1 is 1.36 bits per heavy atom. The molecule has 0 saturated carbocycles. The molecule has 0 atom stereocenters. The van der Waals surface area contributed by atoms with E-state index in [1.165, 1.54) is 4.90 Å². The zero-order valence-corrected chi connectivity index (χ0v) is 12.5. The summed E-state index contributed by atoms with van der Waals surface area (Å²) >= 11 is 0. The third-order valence-electron chi connectivity index (χ3n) is 3.18. The Hall–Kier alpha value is -2.70. The highest BCUT2D eigenvalue weighted by molar-refractivity contribution is 5.93. The number of carbonyl (C=O) groups is 2. The summed E-state index contributed by atoms with van der Waals surface area (Å²) in [5, 5.41) is 12.9. The zero-order chi connectivity index (χ0) is 16.1. The van der Waals surface area contributed by atoms with Gasteiger partial charge < -0.3 is 10.0 Å². The molecule has 0 fully saturated rings. The van der Waals surface area contributed by atoms with Gasteiger partial charge in [0.1, 0.15) is 5.69 Å². The Bertz CT molecular complexity index is 653. The molecule has 1 N–H and O–H groups in total. The topological polar surface area (TPSA) is 88.3 Å². The van der Waals surface area contributed by atoms with Gasteiger partial charge in [-0.3, -0.25) is 14.6 Å². The van der Waals surface area contributed by atoms with Crippen molar-refractivity contribution in [2.75, 3.05) is 6.54 Å². The highest BCUT2D eigenvalue weighted by atomic mass is 16.4. The molecule has 2 heterocycles. The summed E-state index contributed by atoms with van der Waals surface area (Å²) < 4.78 is 1.63. The number of rotatable bonds is 6. The van der Waals surface area contributed by atoms with Crippen molar-refractivity contribution in [1.82, 2.24) is 19.7 Å². The van der Waals surface area contributed by atoms with E-state index >= 15 is 0 Å². The molecule has 0 aliphatic carbocycles. The Kier molecular flexibility index (Phi) is 4.88. The Morgan fingerprint density at radius 3 is 2.73 bits per heavy atom. The van der Waals surface area contributed by atoms with Crippen LogP contribution in [0.15, 0.2) is 36.8 Å². The molecule has 7 heteroatoms. The number of carbonyl (C=O) groups excluding carboxylic acids is 1. The summed E-state index contributed by atoms with van der Waals surface area (Å²) in [6, 6.07) is 5.07. The monoisotopic (exact) mass is 302 g/mol. The molecule has 2 aromatic rings. The summed E-state index contributed by atoms with van der Waals surface area (Å²) in [4.78, 5) is 28.9. The fourth-order valence-electron chi connectivity index (χ4n) is 2.06. The first-order valence-electron chi connectivity index (χ1n) is 6.98. The third-order valence-corrected chi connectivity index (χ3v) is 3.18. The molecule has 0 aromatic carbocycles. The number of aliphatic carboxylic acids is 1. The SMILES string of the molecule is CC(C)N(CCC(=O)O)C(=O)c1cc(-n2cccn2)ccn1. The van der Waals surface area contributed by atoms with Gasteiger partial charge in [0.2, 0.25) is 0 Å². The molecule has 0 unspecified atom stereocenters. The first-order chi connectivity index (χ1) is 10.5. The molecule has 116 valence electrons. The van der Waals surface area contributed by atoms with Gasteiger partial charge in [-0.25, -0.2) is 4.68 Å². The van der Waals surface area contributed by atoms with Crippen molar-refractivity contribution in [2.45, 2.75) is 26.3 Å². The second kappa shape index (κ2) is 6.84. The molecule has 22 heavy (non-hydrogen) atoms. The van der Waals surface area contributed by atoms with E-state index in [0.717, 1.165) is 5.69 Å². The summed E-state index contributed by atoms with van der Waals surface area (Å²) in [6.45, 7) is 3.84. The van der Waals surface area contributed by atoms with Gasteiger partial charge in [0, 0.05) is 31.2 Å². The first kappa shape index (κ1) is 15.7. The van der Waals surface area contributed by atoms with Crippen LogP contribution in [0.25, 0.3) is 5.69 Å². The zero-order valence-electron chi connectivity index (χ0n) is 12.5. The number of aromatic nitrogens is 3. The van der Waals surface area contributed by atoms with Crippen LogP contribution in [-0.2, 0) is 4.79 Å². The van der Waals surface area contributed by atoms with Crippen LogP contribution < -0.4 is 0 Å². The number of carboxylic acid groups (broad SMARTS) is 1. The van der Waals surface area contributed by atoms with Crippen molar-refractivity contribution in [3.63, 3.8) is 0 Å². The molecule has 2 aromatic heterocycles. The maximum atomic E-state index is 12.6. The van der Waals surface area contributed by atoms with E-state index in [-0.39, 0.29) is 30.6 Å². The van der Waals surface area contributed by atoms with E-state index < -0.39 is 5.97 Å². The lowest BCUT2D eigenvalue weighted by Crippen LogP contribution is -2.39. The molecular weight excluding hydrogens is 284 g/mol. The number of amides is 1. The molecule has 0 spiro atoms. The van der Waals surface area contributed by atoms with Crippen LogP contribution in [0.3, 0.4) is 0 Å². The second-order valence-corrected chi connectivity index (χ2v) is 5.09. The minimum Gasteiger partial charge on any atom is -0.481 e. The van der Waals surface area contributed by atoms with Crippen molar-refractivity contribution < 1.29 is 14.7 Å². The van der Waals surface area contributed by atoms with Gasteiger partial charge in [-0.15, -0.1) is 0 Å². The lowest BCUT2D eigenvalue weighted by Gasteiger charge is -2.25. The third kappa shape index (κ3) is 3.69. The summed E-state index contributed by atoms with van der Waals surface area (Å²) in [5.41, 5.74) is 0.998. The number of carboxylic acids is 1. The molecule has 0 bridgehead atoms. The fraction of sp³-hybridized carbons (Fsp3) is 0.333. The second-order valence-electron chi connectivity index (χ2n) is 5.09. The van der Waals surface area contributed by atoms with Gasteiger partial charge >= 0.3 is 5.97 Å². The Morgan fingerprint density at radius 2 is 2.14 bits per heavy atom. The summed E-state index contributed by atoms with van der Waals surface area (Å²) in [7, 11) is 0. The summed E-state index contributed by atoms with van der Waals surface area (Å²) in [5.74, 6) is -1.22. The van der Waals surface area contributed by atoms with Crippen LogP contribution >= 0.6 is 0 Å². The average Bonchev–Trinajstić information content (AvgIpc) is 3.01. The van der Waals surface area contributed by atoms with Crippen LogP contribution in [0.5, 0.6) is 0 Å². The lowest BCUT2D eigenvalue weighted by atomic mass is 10.2. The number of hydrogen-bond acceptors (Lipinski definition) is 4. The maximum Gasteiger partial charge on any atom is 0.305 e. The van der Waals surface area contributed by atoms with Crippen LogP contribution in [0.2, 0.25) is 0 Å². The van der Waals surface area contributed by atoms with E-state index in [1.54, 1.807) is 41.5 Å². The van der Waals surface area contributed by atoms with E-state index in [2.05, 4.69) is 10.1 Å². The van der Waals surface area contributed by atoms with Crippen molar-refractivity contribution in [1.29, 1.82) is 0 Å². The minimum absolute atomic E-state index is 0.0945. The van der Waals surface area contributed by atoms with E-state index in [4.69, 9.17) is 5.11 Å². The molecule has 7 nitrogen and oxygen atoms in total. The lowest BCUT2D eigenvalue weighted by molar-refractivity contribution is -0.137. The summed E-state index contributed by atoms with van der Waals surface area (Å²) in [6.07, 6.45) is 4.87. The van der Waals surface area contributed by atoms with Gasteiger partial charge in [0.15, 0.2) is 0 Å². The van der Waals surface area contributed by atoms with Gasteiger partial charge in [0.05, 0.1) is 12.1 Å². The van der Waals surface area contributed by atoms with Gasteiger partial charge in [-0.05, 0) is 32.0 Å². The number of pyridine rings is 1. The van der Waals surface area contributed by atoms with E-state index in [9.17, 15) is 9.59 Å². The highest BCUT2D eigenvalue weighted by Crippen LogP contribution is 2.11. The van der Waals surface area contributed by atoms with Crippen molar-refractivity contribution >= 4 is 11.9 Å². The maximum absolute atomic E-state index is 12.6. The Balaban J connectivity index is 2.23. The fourth-order valence-corrected chi connectivity index (χ4v) is 2.06. The molecule has 0 aliphatic rings. The van der Waals surface area contributed by atoms with Gasteiger partial charge in [0.25, 0.3) is 5.91 Å². The van der Waals surface area contributed by atoms with Crippen LogP contribution in [-0.4, -0.2) is 49.2 Å². The normalized spacial score (nSPS) is 10.7. The van der Waals surface area contributed by atoms with Crippen molar-refractivity contribution in [3.05, 3.63) is 42.5 Å². The largest absolute Gasteiger partial charge is 0.481 e. The van der Waals surface area contributed by atoms with Crippen LogP contribution in [0.4, 0.5) is 0 Å². The smallest absolute Gasteiger partial charge is 0.305 e. The molecular formula is C15H18N4O3. The predicted octanol–water partition coefficient (Wildman–Crippen LogP) is 1.59. The van der Waals surface area contributed by atoms with E-state index in [1.807, 2.05) is 13.8 Å². The highest BCUT2D eigenvalue weighted by Gasteiger charge is 2.21. The van der Waals surface area contributed by atoms with Gasteiger partial charge in [-0.2, -0.15) is 5.10 Å². The number of hydrogen-bond donors (Lipinski definition) is 1. The van der Waals surface area contributed by atoms with Gasteiger partial charge in [-0.1, -0.05) is 0 Å². The quantitative estimate of drug-likeness (QED) is 0.875. The van der Waals surface area contributed by atoms with Crippen LogP contribution in [0.1, 0.15) is 30.8 Å². The Labute approximate surface area is 128 Å². The molecule has 1 amide bonds. The predicted molar refractivity (Wildman–Crippen MR) is 79.8 cm³/mol. The molecule has 0 saturated heterocycles. The molecule has 0 aliphatic heterocycles. The average molecular weight is 302 g/mol. The molecule has 2 rings (SSSR count). The number of nitrogens with zero attached hydrogens (tertiary/aromatic N) is 4. The van der Waals surface area contributed by atoms with Crippen molar-refractivity contribution in [3.8, 4) is 5.69 Å². The van der Waals surface area contributed by atoms with Crippen LogP contribution in [0, 0.1) is 0 Å². The first-order valence-corrected chi connectivity index (χ1v) is 6.98. The van der Waals surface area contributed by atoms with E-state index in [0.29, 0.717) is 0 Å². The minimum atomic E-state index is -0.934. The van der Waals surface area contributed by atoms with Crippen molar-refractivity contribution in [2.24, 2.45) is 0 Å².